The van der Waals surface area contributed by atoms with E-state index in [4.69, 9.17) is 4.74 Å². The molecular formula is C14H21F2N3O2. The first-order valence-corrected chi connectivity index (χ1v) is 6.62. The van der Waals surface area contributed by atoms with Crippen LogP contribution in [0, 0.1) is 0 Å². The van der Waals surface area contributed by atoms with Gasteiger partial charge in [-0.05, 0) is 32.4 Å². The van der Waals surface area contributed by atoms with Crippen molar-refractivity contribution >= 4 is 6.09 Å². The van der Waals surface area contributed by atoms with Gasteiger partial charge in [0.2, 0.25) is 0 Å². The molecule has 1 aromatic heterocycles. The van der Waals surface area contributed by atoms with Gasteiger partial charge in [-0.1, -0.05) is 6.07 Å². The van der Waals surface area contributed by atoms with Crippen LogP contribution in [0.4, 0.5) is 13.6 Å². The molecule has 1 rings (SSSR count). The van der Waals surface area contributed by atoms with E-state index in [0.29, 0.717) is 0 Å². The third-order valence-electron chi connectivity index (χ3n) is 2.33. The highest BCUT2D eigenvalue weighted by Crippen LogP contribution is 2.12. The van der Waals surface area contributed by atoms with E-state index in [-0.39, 0.29) is 6.54 Å². The maximum atomic E-state index is 13.6. The smallest absolute Gasteiger partial charge is 0.407 e. The summed E-state index contributed by atoms with van der Waals surface area (Å²) in [7, 11) is 0. The Kier molecular flexibility index (Phi) is 6.02. The molecule has 7 heteroatoms. The molecule has 0 aliphatic rings. The molecule has 0 bridgehead atoms. The lowest BCUT2D eigenvalue weighted by atomic mass is 10.2. The third kappa shape index (κ3) is 8.19. The van der Waals surface area contributed by atoms with E-state index in [0.717, 1.165) is 5.56 Å². The summed E-state index contributed by atoms with van der Waals surface area (Å²) >= 11 is 0. The molecule has 1 amide bonds. The topological polar surface area (TPSA) is 63.2 Å². The number of carbonyl (C=O) groups is 1. The molecule has 0 saturated heterocycles. The zero-order valence-electron chi connectivity index (χ0n) is 12.5. The Hall–Kier alpha value is -1.76. The van der Waals surface area contributed by atoms with E-state index in [2.05, 4.69) is 15.6 Å². The predicted octanol–water partition coefficient (Wildman–Crippen LogP) is 2.33. The van der Waals surface area contributed by atoms with E-state index >= 15 is 0 Å². The number of nitrogens with one attached hydrogen (secondary N) is 2. The van der Waals surface area contributed by atoms with Gasteiger partial charge in [-0.25, -0.2) is 13.6 Å². The highest BCUT2D eigenvalue weighted by atomic mass is 19.3. The second-order valence-electron chi connectivity index (χ2n) is 5.68. The molecular weight excluding hydrogens is 280 g/mol. The van der Waals surface area contributed by atoms with Crippen molar-refractivity contribution in [1.29, 1.82) is 0 Å². The lowest BCUT2D eigenvalue weighted by Gasteiger charge is -2.22. The van der Waals surface area contributed by atoms with Gasteiger partial charge < -0.3 is 15.4 Å². The van der Waals surface area contributed by atoms with Crippen LogP contribution in [-0.4, -0.2) is 35.7 Å². The van der Waals surface area contributed by atoms with Gasteiger partial charge in [0.05, 0.1) is 13.1 Å². The minimum atomic E-state index is -3.06. The number of amides is 1. The number of carbonyl (C=O) groups excluding carboxylic acids is 1. The third-order valence-corrected chi connectivity index (χ3v) is 2.33. The van der Waals surface area contributed by atoms with Crippen LogP contribution in [-0.2, 0) is 11.3 Å². The zero-order chi connectivity index (χ0) is 15.9. The molecule has 5 nitrogen and oxygen atoms in total. The number of nitrogens with zero attached hydrogens (tertiary/aromatic N) is 1. The van der Waals surface area contributed by atoms with Crippen molar-refractivity contribution in [3.05, 3.63) is 30.1 Å². The van der Waals surface area contributed by atoms with Crippen LogP contribution in [0.2, 0.25) is 0 Å². The number of pyridine rings is 1. The van der Waals surface area contributed by atoms with E-state index in [1.54, 1.807) is 45.3 Å². The van der Waals surface area contributed by atoms with Gasteiger partial charge in [0.25, 0.3) is 5.92 Å². The first-order chi connectivity index (χ1) is 9.68. The molecule has 21 heavy (non-hydrogen) atoms. The van der Waals surface area contributed by atoms with Crippen LogP contribution in [0.3, 0.4) is 0 Å². The predicted molar refractivity (Wildman–Crippen MR) is 75.1 cm³/mol. The number of alkyl carbamates (subject to hydrolysis) is 1. The number of hydrogen-bond donors (Lipinski definition) is 2. The Morgan fingerprint density at radius 2 is 2.05 bits per heavy atom. The van der Waals surface area contributed by atoms with Crippen LogP contribution < -0.4 is 10.6 Å². The highest BCUT2D eigenvalue weighted by Gasteiger charge is 2.30. The van der Waals surface area contributed by atoms with Crippen molar-refractivity contribution in [1.82, 2.24) is 15.6 Å². The number of halogens is 2. The largest absolute Gasteiger partial charge is 0.444 e. The summed E-state index contributed by atoms with van der Waals surface area (Å²) in [4.78, 5) is 15.2. The van der Waals surface area contributed by atoms with Gasteiger partial charge in [-0.15, -0.1) is 0 Å². The summed E-state index contributed by atoms with van der Waals surface area (Å²) in [5.74, 6) is -3.06. The van der Waals surface area contributed by atoms with Crippen molar-refractivity contribution < 1.29 is 18.3 Å². The van der Waals surface area contributed by atoms with Gasteiger partial charge in [0.15, 0.2) is 0 Å². The van der Waals surface area contributed by atoms with Crippen LogP contribution in [0.25, 0.3) is 0 Å². The molecule has 0 aromatic carbocycles. The summed E-state index contributed by atoms with van der Waals surface area (Å²) in [5.41, 5.74) is 0.103. The molecule has 2 N–H and O–H groups in total. The van der Waals surface area contributed by atoms with E-state index < -0.39 is 30.7 Å². The Balaban J connectivity index is 2.28. The second-order valence-corrected chi connectivity index (χ2v) is 5.68. The first kappa shape index (κ1) is 17.3. The van der Waals surface area contributed by atoms with Crippen LogP contribution in [0.1, 0.15) is 26.3 Å². The molecule has 1 aromatic rings. The SMILES string of the molecule is CC(C)(C)OC(=O)NCC(F)(F)CNCc1cccnc1. The van der Waals surface area contributed by atoms with Crippen molar-refractivity contribution in [2.45, 2.75) is 38.8 Å². The summed E-state index contributed by atoms with van der Waals surface area (Å²) in [6, 6.07) is 3.52. The van der Waals surface area contributed by atoms with Gasteiger partial charge in [0.1, 0.15) is 5.60 Å². The normalized spacial score (nSPS) is 12.0. The fourth-order valence-electron chi connectivity index (χ4n) is 1.47. The average molecular weight is 301 g/mol. The number of hydrogen-bond acceptors (Lipinski definition) is 4. The van der Waals surface area contributed by atoms with Gasteiger partial charge >= 0.3 is 6.09 Å². The minimum Gasteiger partial charge on any atom is -0.444 e. The molecule has 0 atom stereocenters. The molecule has 0 saturated carbocycles. The summed E-state index contributed by atoms with van der Waals surface area (Å²) in [5, 5.41) is 4.70. The van der Waals surface area contributed by atoms with Crippen LogP contribution in [0.15, 0.2) is 24.5 Å². The van der Waals surface area contributed by atoms with Crippen molar-refractivity contribution in [2.75, 3.05) is 13.1 Å². The standard InChI is InChI=1S/C14H21F2N3O2/c1-13(2,3)21-12(20)19-10-14(15,16)9-18-8-11-5-4-6-17-7-11/h4-7,18H,8-10H2,1-3H3,(H,19,20). The molecule has 0 aliphatic carbocycles. The van der Waals surface area contributed by atoms with Crippen LogP contribution in [0.5, 0.6) is 0 Å². The van der Waals surface area contributed by atoms with Gasteiger partial charge in [-0.3, -0.25) is 4.98 Å². The summed E-state index contributed by atoms with van der Waals surface area (Å²) in [6.07, 6.45) is 2.36. The van der Waals surface area contributed by atoms with Gasteiger partial charge in [0, 0.05) is 18.9 Å². The number of aromatic nitrogens is 1. The molecule has 1 heterocycles. The molecule has 0 spiro atoms. The quantitative estimate of drug-likeness (QED) is 0.846. The second kappa shape index (κ2) is 7.31. The monoisotopic (exact) mass is 301 g/mol. The molecule has 0 radical (unpaired) electrons. The Morgan fingerprint density at radius 1 is 1.33 bits per heavy atom. The van der Waals surface area contributed by atoms with Crippen molar-refractivity contribution in [3.8, 4) is 0 Å². The van der Waals surface area contributed by atoms with Crippen molar-refractivity contribution in [3.63, 3.8) is 0 Å². The average Bonchev–Trinajstić information content (AvgIpc) is 2.36. The Bertz CT molecular complexity index is 447. The lowest BCUT2D eigenvalue weighted by Crippen LogP contribution is -2.44. The first-order valence-electron chi connectivity index (χ1n) is 6.62. The molecule has 0 aliphatic heterocycles. The summed E-state index contributed by atoms with van der Waals surface area (Å²) in [6.45, 7) is 3.97. The Labute approximate surface area is 123 Å². The van der Waals surface area contributed by atoms with Gasteiger partial charge in [-0.2, -0.15) is 0 Å². The maximum Gasteiger partial charge on any atom is 0.407 e. The Morgan fingerprint density at radius 3 is 2.62 bits per heavy atom. The maximum absolute atomic E-state index is 13.6. The summed E-state index contributed by atoms with van der Waals surface area (Å²) < 4.78 is 32.0. The van der Waals surface area contributed by atoms with E-state index in [1.165, 1.54) is 0 Å². The van der Waals surface area contributed by atoms with E-state index in [9.17, 15) is 13.6 Å². The zero-order valence-corrected chi connectivity index (χ0v) is 12.5. The number of ether oxygens (including phenoxy) is 1. The lowest BCUT2D eigenvalue weighted by molar-refractivity contribution is -0.00376. The van der Waals surface area contributed by atoms with E-state index in [1.807, 2.05) is 0 Å². The fourth-order valence-corrected chi connectivity index (χ4v) is 1.47. The van der Waals surface area contributed by atoms with Crippen LogP contribution >= 0.6 is 0 Å². The highest BCUT2D eigenvalue weighted by molar-refractivity contribution is 5.67. The minimum absolute atomic E-state index is 0.288. The fraction of sp³-hybridized carbons (Fsp3) is 0.571. The molecule has 0 unspecified atom stereocenters. The molecule has 118 valence electrons. The number of rotatable bonds is 6. The molecule has 0 fully saturated rings. The number of alkyl halides is 2. The van der Waals surface area contributed by atoms with Crippen molar-refractivity contribution in [2.24, 2.45) is 0 Å².